The third-order valence-corrected chi connectivity index (χ3v) is 5.22. The van der Waals surface area contributed by atoms with E-state index in [1.165, 1.54) is 0 Å². The van der Waals surface area contributed by atoms with Gasteiger partial charge in [-0.1, -0.05) is 13.8 Å². The van der Waals surface area contributed by atoms with Gasteiger partial charge in [-0.05, 0) is 32.7 Å². The van der Waals surface area contributed by atoms with E-state index in [1.807, 2.05) is 11.8 Å². The van der Waals surface area contributed by atoms with E-state index in [2.05, 4.69) is 18.9 Å². The van der Waals surface area contributed by atoms with E-state index in [4.69, 9.17) is 0 Å². The van der Waals surface area contributed by atoms with E-state index in [-0.39, 0.29) is 6.03 Å². The molecule has 2 unspecified atom stereocenters. The molecular formula is C15H27N3O3. The molecule has 0 aliphatic carbocycles. The van der Waals surface area contributed by atoms with Gasteiger partial charge in [-0.15, -0.1) is 0 Å². The molecule has 120 valence electrons. The van der Waals surface area contributed by atoms with Gasteiger partial charge in [0.15, 0.2) is 0 Å². The molecule has 1 N–H and O–H groups in total. The molecule has 2 aliphatic rings. The van der Waals surface area contributed by atoms with Gasteiger partial charge in [-0.2, -0.15) is 0 Å². The van der Waals surface area contributed by atoms with Crippen molar-refractivity contribution in [1.29, 1.82) is 0 Å². The first kappa shape index (κ1) is 16.1. The fourth-order valence-electron chi connectivity index (χ4n) is 3.63. The summed E-state index contributed by atoms with van der Waals surface area (Å²) in [5.41, 5.74) is -0.998. The van der Waals surface area contributed by atoms with Crippen molar-refractivity contribution in [2.45, 2.75) is 51.1 Å². The normalized spacial score (nSPS) is 30.7. The summed E-state index contributed by atoms with van der Waals surface area (Å²) in [6.07, 6.45) is 2.81. The average Bonchev–Trinajstić information content (AvgIpc) is 2.92. The van der Waals surface area contributed by atoms with Crippen molar-refractivity contribution < 1.29 is 14.7 Å². The minimum absolute atomic E-state index is 0.0942. The smallest absolute Gasteiger partial charge is 0.329 e. The summed E-state index contributed by atoms with van der Waals surface area (Å²) in [6.45, 7) is 6.77. The van der Waals surface area contributed by atoms with Crippen molar-refractivity contribution in [1.82, 2.24) is 14.7 Å². The first-order chi connectivity index (χ1) is 9.96. The van der Waals surface area contributed by atoms with Gasteiger partial charge in [-0.3, -0.25) is 4.90 Å². The Balaban J connectivity index is 2.14. The summed E-state index contributed by atoms with van der Waals surface area (Å²) in [4.78, 5) is 30.2. The number of carboxylic acids is 1. The first-order valence-electron chi connectivity index (χ1n) is 7.96. The predicted octanol–water partition coefficient (Wildman–Crippen LogP) is 1.46. The van der Waals surface area contributed by atoms with Crippen LogP contribution in [0.3, 0.4) is 0 Å². The average molecular weight is 297 g/mol. The maximum Gasteiger partial charge on any atom is 0.329 e. The zero-order valence-corrected chi connectivity index (χ0v) is 13.3. The second-order valence-corrected chi connectivity index (χ2v) is 6.22. The standard InChI is InChI=1S/C15H27N3O3/c1-4-12-11-17(10-9-16(12)3)14(21)18-8-6-7-15(18,5-2)13(19)20/h12H,4-11H2,1-3H3,(H,19,20). The number of likely N-dealkylation sites (tertiary alicyclic amines) is 1. The zero-order valence-electron chi connectivity index (χ0n) is 13.3. The number of urea groups is 1. The Hall–Kier alpha value is -1.30. The fourth-order valence-corrected chi connectivity index (χ4v) is 3.63. The van der Waals surface area contributed by atoms with Gasteiger partial charge in [0.25, 0.3) is 0 Å². The number of rotatable bonds is 3. The molecule has 2 heterocycles. The molecule has 2 amide bonds. The van der Waals surface area contributed by atoms with Gasteiger partial charge in [0.1, 0.15) is 5.54 Å². The monoisotopic (exact) mass is 297 g/mol. The molecule has 2 aliphatic heterocycles. The van der Waals surface area contributed by atoms with Crippen LogP contribution in [0.15, 0.2) is 0 Å². The highest BCUT2D eigenvalue weighted by atomic mass is 16.4. The Kier molecular flexibility index (Phi) is 4.76. The zero-order chi connectivity index (χ0) is 15.6. The molecule has 0 bridgehead atoms. The summed E-state index contributed by atoms with van der Waals surface area (Å²) < 4.78 is 0. The highest BCUT2D eigenvalue weighted by Crippen LogP contribution is 2.34. The molecule has 6 nitrogen and oxygen atoms in total. The molecule has 0 saturated carbocycles. The number of aliphatic carboxylic acids is 1. The van der Waals surface area contributed by atoms with Crippen LogP contribution in [0.1, 0.15) is 39.5 Å². The molecule has 0 aromatic heterocycles. The molecule has 2 saturated heterocycles. The Morgan fingerprint density at radius 1 is 1.24 bits per heavy atom. The van der Waals surface area contributed by atoms with Crippen molar-refractivity contribution in [2.24, 2.45) is 0 Å². The quantitative estimate of drug-likeness (QED) is 0.856. The molecular weight excluding hydrogens is 270 g/mol. The molecule has 6 heteroatoms. The maximum atomic E-state index is 12.8. The van der Waals surface area contributed by atoms with Crippen LogP contribution >= 0.6 is 0 Å². The molecule has 2 rings (SSSR count). The van der Waals surface area contributed by atoms with Crippen molar-refractivity contribution >= 4 is 12.0 Å². The van der Waals surface area contributed by atoms with E-state index in [1.54, 1.807) is 4.90 Å². The van der Waals surface area contributed by atoms with Gasteiger partial charge in [0, 0.05) is 32.2 Å². The van der Waals surface area contributed by atoms with E-state index < -0.39 is 11.5 Å². The predicted molar refractivity (Wildman–Crippen MR) is 80.3 cm³/mol. The van der Waals surface area contributed by atoms with Crippen molar-refractivity contribution in [3.8, 4) is 0 Å². The fraction of sp³-hybridized carbons (Fsp3) is 0.867. The van der Waals surface area contributed by atoms with E-state index >= 15 is 0 Å². The molecule has 0 aromatic rings. The van der Waals surface area contributed by atoms with E-state index in [0.717, 1.165) is 19.4 Å². The van der Waals surface area contributed by atoms with Crippen LogP contribution < -0.4 is 0 Å². The molecule has 0 spiro atoms. The van der Waals surface area contributed by atoms with Crippen molar-refractivity contribution in [2.75, 3.05) is 33.2 Å². The minimum atomic E-state index is -0.998. The molecule has 0 aromatic carbocycles. The molecule has 0 radical (unpaired) electrons. The molecule has 2 fully saturated rings. The second kappa shape index (κ2) is 6.22. The van der Waals surface area contributed by atoms with Crippen LogP contribution in [0, 0.1) is 0 Å². The summed E-state index contributed by atoms with van der Waals surface area (Å²) in [6, 6.07) is 0.273. The lowest BCUT2D eigenvalue weighted by Crippen LogP contribution is -2.61. The number of hydrogen-bond acceptors (Lipinski definition) is 3. The second-order valence-electron chi connectivity index (χ2n) is 6.22. The lowest BCUT2D eigenvalue weighted by molar-refractivity contribution is -0.148. The Labute approximate surface area is 126 Å². The Morgan fingerprint density at radius 3 is 2.52 bits per heavy atom. The number of piperazine rings is 1. The Morgan fingerprint density at radius 2 is 1.95 bits per heavy atom. The van der Waals surface area contributed by atoms with Crippen LogP contribution in [-0.4, -0.2) is 76.6 Å². The van der Waals surface area contributed by atoms with Gasteiger partial charge >= 0.3 is 12.0 Å². The first-order valence-corrected chi connectivity index (χ1v) is 7.96. The number of carboxylic acid groups (broad SMARTS) is 1. The van der Waals surface area contributed by atoms with E-state index in [9.17, 15) is 14.7 Å². The van der Waals surface area contributed by atoms with Crippen LogP contribution in [0.4, 0.5) is 4.79 Å². The van der Waals surface area contributed by atoms with Crippen LogP contribution in [0.5, 0.6) is 0 Å². The van der Waals surface area contributed by atoms with Crippen LogP contribution in [0.2, 0.25) is 0 Å². The topological polar surface area (TPSA) is 64.1 Å². The molecule has 2 atom stereocenters. The van der Waals surface area contributed by atoms with Crippen LogP contribution in [0.25, 0.3) is 0 Å². The summed E-state index contributed by atoms with van der Waals surface area (Å²) >= 11 is 0. The highest BCUT2D eigenvalue weighted by Gasteiger charge is 2.50. The largest absolute Gasteiger partial charge is 0.479 e. The highest BCUT2D eigenvalue weighted by molar-refractivity contribution is 5.87. The van der Waals surface area contributed by atoms with Crippen molar-refractivity contribution in [3.63, 3.8) is 0 Å². The summed E-state index contributed by atoms with van der Waals surface area (Å²) in [5, 5.41) is 9.60. The van der Waals surface area contributed by atoms with Crippen LogP contribution in [-0.2, 0) is 4.79 Å². The lowest BCUT2D eigenvalue weighted by Gasteiger charge is -2.43. The number of amides is 2. The van der Waals surface area contributed by atoms with Gasteiger partial charge in [0.2, 0.25) is 0 Å². The molecule has 21 heavy (non-hydrogen) atoms. The number of carbonyl (C=O) groups is 2. The summed E-state index contributed by atoms with van der Waals surface area (Å²) in [5.74, 6) is -0.864. The number of likely N-dealkylation sites (N-methyl/N-ethyl adjacent to an activating group) is 1. The Bertz CT molecular complexity index is 415. The number of hydrogen-bond donors (Lipinski definition) is 1. The van der Waals surface area contributed by atoms with E-state index in [0.29, 0.717) is 38.5 Å². The van der Waals surface area contributed by atoms with Gasteiger partial charge in [-0.25, -0.2) is 9.59 Å². The van der Waals surface area contributed by atoms with Gasteiger partial charge < -0.3 is 14.9 Å². The minimum Gasteiger partial charge on any atom is -0.479 e. The SMILES string of the molecule is CCC1CN(C(=O)N2CCCC2(CC)C(=O)O)CCN1C. The van der Waals surface area contributed by atoms with Gasteiger partial charge in [0.05, 0.1) is 0 Å². The number of carbonyl (C=O) groups excluding carboxylic acids is 1. The van der Waals surface area contributed by atoms with Crippen molar-refractivity contribution in [3.05, 3.63) is 0 Å². The third-order valence-electron chi connectivity index (χ3n) is 5.22. The number of nitrogens with zero attached hydrogens (tertiary/aromatic N) is 3. The maximum absolute atomic E-state index is 12.8. The third kappa shape index (κ3) is 2.73. The summed E-state index contributed by atoms with van der Waals surface area (Å²) in [7, 11) is 2.08. The lowest BCUT2D eigenvalue weighted by atomic mass is 9.93.